The van der Waals surface area contributed by atoms with Crippen molar-refractivity contribution in [2.75, 3.05) is 33.3 Å². The second-order valence-electron chi connectivity index (χ2n) is 4.27. The maximum absolute atomic E-state index is 11.9. The van der Waals surface area contributed by atoms with Crippen LogP contribution in [-0.4, -0.2) is 50.2 Å². The van der Waals surface area contributed by atoms with E-state index in [0.717, 1.165) is 45.5 Å². The van der Waals surface area contributed by atoms with Crippen LogP contribution >= 0.6 is 12.4 Å². The highest BCUT2D eigenvalue weighted by Gasteiger charge is 2.20. The van der Waals surface area contributed by atoms with Crippen molar-refractivity contribution in [1.82, 2.24) is 10.2 Å². The standard InChI is InChI=1S/C12H24N2O2.ClH/c1-3-14(10-11-6-5-9-16-11)12(15)7-4-8-13-2;/h11,13H,3-10H2,1-2H3;1H. The highest BCUT2D eigenvalue weighted by atomic mass is 35.5. The summed E-state index contributed by atoms with van der Waals surface area (Å²) < 4.78 is 5.55. The molecule has 0 bridgehead atoms. The van der Waals surface area contributed by atoms with Gasteiger partial charge in [-0.1, -0.05) is 0 Å². The van der Waals surface area contributed by atoms with E-state index in [4.69, 9.17) is 4.74 Å². The number of nitrogens with one attached hydrogen (secondary N) is 1. The van der Waals surface area contributed by atoms with Gasteiger partial charge in [-0.05, 0) is 39.8 Å². The fraction of sp³-hybridized carbons (Fsp3) is 0.917. The topological polar surface area (TPSA) is 41.6 Å². The zero-order chi connectivity index (χ0) is 11.8. The van der Waals surface area contributed by atoms with Crippen molar-refractivity contribution >= 4 is 18.3 Å². The van der Waals surface area contributed by atoms with Crippen molar-refractivity contribution in [3.63, 3.8) is 0 Å². The second kappa shape index (κ2) is 9.68. The Hall–Kier alpha value is -0.320. The van der Waals surface area contributed by atoms with Crippen molar-refractivity contribution in [1.29, 1.82) is 0 Å². The number of ether oxygens (including phenoxy) is 1. The minimum absolute atomic E-state index is 0. The summed E-state index contributed by atoms with van der Waals surface area (Å²) in [6.07, 6.45) is 4.06. The molecule has 102 valence electrons. The van der Waals surface area contributed by atoms with Crippen molar-refractivity contribution < 1.29 is 9.53 Å². The fourth-order valence-corrected chi connectivity index (χ4v) is 2.02. The van der Waals surface area contributed by atoms with Crippen molar-refractivity contribution in [3.05, 3.63) is 0 Å². The predicted molar refractivity (Wildman–Crippen MR) is 71.6 cm³/mol. The normalized spacial score (nSPS) is 18.8. The molecular formula is C12H25ClN2O2. The number of hydrogen-bond acceptors (Lipinski definition) is 3. The Kier molecular flexibility index (Phi) is 9.50. The van der Waals surface area contributed by atoms with Crippen LogP contribution in [0.25, 0.3) is 0 Å². The molecule has 0 saturated carbocycles. The molecule has 0 spiro atoms. The minimum atomic E-state index is 0. The maximum atomic E-state index is 11.9. The molecular weight excluding hydrogens is 240 g/mol. The van der Waals surface area contributed by atoms with Crippen LogP contribution in [0, 0.1) is 0 Å². The number of carbonyl (C=O) groups excluding carboxylic acids is 1. The van der Waals surface area contributed by atoms with Crippen LogP contribution in [0.5, 0.6) is 0 Å². The first-order valence-electron chi connectivity index (χ1n) is 6.32. The van der Waals surface area contributed by atoms with Gasteiger partial charge in [0.25, 0.3) is 0 Å². The zero-order valence-corrected chi connectivity index (χ0v) is 11.7. The Bertz CT molecular complexity index is 209. The van der Waals surface area contributed by atoms with Gasteiger partial charge >= 0.3 is 0 Å². The van der Waals surface area contributed by atoms with Crippen LogP contribution in [0.3, 0.4) is 0 Å². The number of rotatable bonds is 7. The van der Waals surface area contributed by atoms with Gasteiger partial charge in [0, 0.05) is 26.1 Å². The molecule has 1 aliphatic heterocycles. The molecule has 0 aliphatic carbocycles. The molecule has 0 aromatic heterocycles. The van der Waals surface area contributed by atoms with E-state index in [9.17, 15) is 4.79 Å². The van der Waals surface area contributed by atoms with Crippen LogP contribution in [-0.2, 0) is 9.53 Å². The molecule has 1 saturated heterocycles. The summed E-state index contributed by atoms with van der Waals surface area (Å²) in [5.74, 6) is 0.258. The lowest BCUT2D eigenvalue weighted by atomic mass is 10.2. The van der Waals surface area contributed by atoms with Crippen LogP contribution in [0.2, 0.25) is 0 Å². The first-order chi connectivity index (χ1) is 7.77. The Morgan fingerprint density at radius 1 is 1.53 bits per heavy atom. The van der Waals surface area contributed by atoms with E-state index in [0.29, 0.717) is 6.42 Å². The van der Waals surface area contributed by atoms with Crippen LogP contribution in [0.1, 0.15) is 32.6 Å². The number of nitrogens with zero attached hydrogens (tertiary/aromatic N) is 1. The second-order valence-corrected chi connectivity index (χ2v) is 4.27. The first-order valence-corrected chi connectivity index (χ1v) is 6.32. The fourth-order valence-electron chi connectivity index (χ4n) is 2.02. The third kappa shape index (κ3) is 6.24. The Morgan fingerprint density at radius 3 is 2.82 bits per heavy atom. The van der Waals surface area contributed by atoms with Crippen molar-refractivity contribution in [3.8, 4) is 0 Å². The third-order valence-electron chi connectivity index (χ3n) is 3.00. The lowest BCUT2D eigenvalue weighted by Crippen LogP contribution is -2.37. The summed E-state index contributed by atoms with van der Waals surface area (Å²) in [6, 6.07) is 0. The van der Waals surface area contributed by atoms with Gasteiger partial charge in [-0.3, -0.25) is 4.79 Å². The Morgan fingerprint density at radius 2 is 2.29 bits per heavy atom. The van der Waals surface area contributed by atoms with Crippen molar-refractivity contribution in [2.24, 2.45) is 0 Å². The number of hydrogen-bond donors (Lipinski definition) is 1. The summed E-state index contributed by atoms with van der Waals surface area (Å²) in [7, 11) is 1.91. The summed E-state index contributed by atoms with van der Waals surface area (Å²) in [6.45, 7) is 5.36. The number of carbonyl (C=O) groups is 1. The van der Waals surface area contributed by atoms with E-state index < -0.39 is 0 Å². The molecule has 5 heteroatoms. The highest BCUT2D eigenvalue weighted by molar-refractivity contribution is 5.85. The number of halogens is 1. The average molecular weight is 265 g/mol. The average Bonchev–Trinajstić information content (AvgIpc) is 2.78. The predicted octanol–water partition coefficient (Wildman–Crippen LogP) is 1.44. The molecule has 0 radical (unpaired) electrons. The first kappa shape index (κ1) is 16.7. The summed E-state index contributed by atoms with van der Waals surface area (Å²) >= 11 is 0. The third-order valence-corrected chi connectivity index (χ3v) is 3.00. The maximum Gasteiger partial charge on any atom is 0.222 e. The van der Waals surface area contributed by atoms with E-state index in [-0.39, 0.29) is 24.4 Å². The molecule has 0 aromatic rings. The lowest BCUT2D eigenvalue weighted by Gasteiger charge is -2.24. The van der Waals surface area contributed by atoms with E-state index in [2.05, 4.69) is 5.32 Å². The van der Waals surface area contributed by atoms with Gasteiger partial charge in [0.15, 0.2) is 0 Å². The van der Waals surface area contributed by atoms with Gasteiger partial charge in [0.1, 0.15) is 0 Å². The van der Waals surface area contributed by atoms with Crippen LogP contribution in [0.15, 0.2) is 0 Å². The van der Waals surface area contributed by atoms with Crippen molar-refractivity contribution in [2.45, 2.75) is 38.7 Å². The smallest absolute Gasteiger partial charge is 0.222 e. The van der Waals surface area contributed by atoms with Crippen LogP contribution < -0.4 is 5.32 Å². The SMILES string of the molecule is CCN(CC1CCCO1)C(=O)CCCNC.Cl. The molecule has 1 heterocycles. The highest BCUT2D eigenvalue weighted by Crippen LogP contribution is 2.13. The van der Waals surface area contributed by atoms with Crippen LogP contribution in [0.4, 0.5) is 0 Å². The van der Waals surface area contributed by atoms with E-state index in [1.807, 2.05) is 18.9 Å². The molecule has 1 unspecified atom stereocenters. The number of amides is 1. The van der Waals surface area contributed by atoms with Gasteiger partial charge in [0.2, 0.25) is 5.91 Å². The summed E-state index contributed by atoms with van der Waals surface area (Å²) in [5.41, 5.74) is 0. The van der Waals surface area contributed by atoms with Gasteiger partial charge in [-0.25, -0.2) is 0 Å². The van der Waals surface area contributed by atoms with Gasteiger partial charge in [0.05, 0.1) is 6.10 Å². The van der Waals surface area contributed by atoms with E-state index >= 15 is 0 Å². The molecule has 1 aliphatic rings. The quantitative estimate of drug-likeness (QED) is 0.708. The van der Waals surface area contributed by atoms with Gasteiger partial charge in [-0.2, -0.15) is 0 Å². The zero-order valence-electron chi connectivity index (χ0n) is 10.9. The van der Waals surface area contributed by atoms with E-state index in [1.165, 1.54) is 0 Å². The monoisotopic (exact) mass is 264 g/mol. The minimum Gasteiger partial charge on any atom is -0.376 e. The van der Waals surface area contributed by atoms with Gasteiger partial charge < -0.3 is 15.0 Å². The molecule has 1 rings (SSSR count). The largest absolute Gasteiger partial charge is 0.376 e. The lowest BCUT2D eigenvalue weighted by molar-refractivity contribution is -0.132. The molecule has 1 amide bonds. The summed E-state index contributed by atoms with van der Waals surface area (Å²) in [5, 5.41) is 3.06. The Balaban J connectivity index is 0.00000256. The molecule has 1 N–H and O–H groups in total. The van der Waals surface area contributed by atoms with E-state index in [1.54, 1.807) is 0 Å². The summed E-state index contributed by atoms with van der Waals surface area (Å²) in [4.78, 5) is 13.8. The number of likely N-dealkylation sites (N-methyl/N-ethyl adjacent to an activating group) is 1. The van der Waals surface area contributed by atoms with Gasteiger partial charge in [-0.15, -0.1) is 12.4 Å². The molecule has 4 nitrogen and oxygen atoms in total. The Labute approximate surface area is 110 Å². The molecule has 1 atom stereocenters. The molecule has 0 aromatic carbocycles. The molecule has 17 heavy (non-hydrogen) atoms. The molecule has 1 fully saturated rings.